The number of piperazine rings is 1. The first-order valence-corrected chi connectivity index (χ1v) is 7.65. The van der Waals surface area contributed by atoms with E-state index in [1.165, 1.54) is 5.69 Å². The molecule has 4 heteroatoms. The molecule has 0 bridgehead atoms. The van der Waals surface area contributed by atoms with Gasteiger partial charge in [-0.05, 0) is 55.6 Å². The second kappa shape index (κ2) is 6.37. The van der Waals surface area contributed by atoms with E-state index in [0.717, 1.165) is 42.6 Å². The van der Waals surface area contributed by atoms with Crippen LogP contribution < -0.4 is 10.2 Å². The van der Waals surface area contributed by atoms with Crippen LogP contribution in [0.3, 0.4) is 0 Å². The van der Waals surface area contributed by atoms with Gasteiger partial charge in [-0.3, -0.25) is 0 Å². The monoisotopic (exact) mass is 301 g/mol. The topological polar surface area (TPSA) is 18.5 Å². The lowest BCUT2D eigenvalue weighted by Gasteiger charge is -2.34. The maximum absolute atomic E-state index is 5.89. The van der Waals surface area contributed by atoms with E-state index < -0.39 is 0 Å². The van der Waals surface area contributed by atoms with Gasteiger partial charge in [0.15, 0.2) is 0 Å². The van der Waals surface area contributed by atoms with Gasteiger partial charge in [-0.25, -0.2) is 0 Å². The van der Waals surface area contributed by atoms with E-state index in [1.54, 1.807) is 0 Å². The highest BCUT2D eigenvalue weighted by atomic mass is 35.5. The molecule has 0 unspecified atom stereocenters. The van der Waals surface area contributed by atoms with Gasteiger partial charge in [-0.1, -0.05) is 11.6 Å². The fourth-order valence-electron chi connectivity index (χ4n) is 2.52. The van der Waals surface area contributed by atoms with Gasteiger partial charge in [0.25, 0.3) is 0 Å². The van der Waals surface area contributed by atoms with Crippen molar-refractivity contribution >= 4 is 28.7 Å². The van der Waals surface area contributed by atoms with E-state index in [9.17, 15) is 0 Å². The van der Waals surface area contributed by atoms with Gasteiger partial charge in [0.1, 0.15) is 0 Å². The maximum Gasteiger partial charge on any atom is 0.0407 e. The lowest BCUT2D eigenvalue weighted by atomic mass is 10.2. The Hall–Kier alpha value is -1.71. The van der Waals surface area contributed by atoms with Crippen LogP contribution in [0, 0.1) is 0 Å². The first-order valence-electron chi connectivity index (χ1n) is 7.27. The summed E-state index contributed by atoms with van der Waals surface area (Å²) in [5.74, 6) is 0. The first kappa shape index (κ1) is 14.2. The molecular weight excluding hydrogens is 282 g/mol. The molecule has 3 rings (SSSR count). The standard InChI is InChI=1S/C17H20ClN3/c1-20-10-12-21(13-11-20)17-8-6-16(7-9-17)19-15-4-2-14(18)3-5-15/h2-9,19H,10-13H2,1H3. The number of rotatable bonds is 3. The van der Waals surface area contributed by atoms with E-state index in [2.05, 4.69) is 46.4 Å². The second-order valence-electron chi connectivity index (χ2n) is 5.47. The van der Waals surface area contributed by atoms with Gasteiger partial charge in [0.05, 0.1) is 0 Å². The zero-order valence-electron chi connectivity index (χ0n) is 12.2. The van der Waals surface area contributed by atoms with Crippen molar-refractivity contribution < 1.29 is 0 Å². The van der Waals surface area contributed by atoms with Gasteiger partial charge >= 0.3 is 0 Å². The molecule has 1 N–H and O–H groups in total. The van der Waals surface area contributed by atoms with E-state index in [4.69, 9.17) is 11.6 Å². The summed E-state index contributed by atoms with van der Waals surface area (Å²) in [4.78, 5) is 4.80. The number of hydrogen-bond donors (Lipinski definition) is 1. The molecule has 0 amide bonds. The van der Waals surface area contributed by atoms with E-state index in [0.29, 0.717) is 0 Å². The van der Waals surface area contributed by atoms with E-state index >= 15 is 0 Å². The van der Waals surface area contributed by atoms with Crippen LogP contribution in [0.5, 0.6) is 0 Å². The molecule has 2 aromatic carbocycles. The fourth-order valence-corrected chi connectivity index (χ4v) is 2.65. The minimum absolute atomic E-state index is 0.756. The van der Waals surface area contributed by atoms with Crippen molar-refractivity contribution in [3.63, 3.8) is 0 Å². The molecule has 1 aliphatic heterocycles. The lowest BCUT2D eigenvalue weighted by Crippen LogP contribution is -2.44. The number of likely N-dealkylation sites (N-methyl/N-ethyl adjacent to an activating group) is 1. The Bertz CT molecular complexity index is 572. The summed E-state index contributed by atoms with van der Waals surface area (Å²) in [5, 5.41) is 4.14. The van der Waals surface area contributed by atoms with Crippen molar-refractivity contribution in [2.45, 2.75) is 0 Å². The van der Waals surface area contributed by atoms with Crippen LogP contribution in [0.2, 0.25) is 5.02 Å². The minimum atomic E-state index is 0.756. The van der Waals surface area contributed by atoms with Crippen LogP contribution >= 0.6 is 11.6 Å². The molecule has 0 aliphatic carbocycles. The van der Waals surface area contributed by atoms with Crippen LogP contribution in [0.1, 0.15) is 0 Å². The molecule has 1 saturated heterocycles. The normalized spacial score (nSPS) is 16.0. The first-order chi connectivity index (χ1) is 10.2. The average Bonchev–Trinajstić information content (AvgIpc) is 2.51. The van der Waals surface area contributed by atoms with Crippen molar-refractivity contribution in [2.24, 2.45) is 0 Å². The number of nitrogens with one attached hydrogen (secondary N) is 1. The Kier molecular flexibility index (Phi) is 4.32. The predicted molar refractivity (Wildman–Crippen MR) is 90.9 cm³/mol. The molecule has 1 heterocycles. The Morgan fingerprint density at radius 2 is 1.33 bits per heavy atom. The molecular formula is C17H20ClN3. The molecule has 0 aromatic heterocycles. The lowest BCUT2D eigenvalue weighted by molar-refractivity contribution is 0.313. The summed E-state index contributed by atoms with van der Waals surface area (Å²) in [6, 6.07) is 16.4. The summed E-state index contributed by atoms with van der Waals surface area (Å²) < 4.78 is 0. The maximum atomic E-state index is 5.89. The zero-order valence-corrected chi connectivity index (χ0v) is 13.0. The summed E-state index contributed by atoms with van der Waals surface area (Å²) in [6.45, 7) is 4.45. The molecule has 0 saturated carbocycles. The Labute approximate surface area is 131 Å². The highest BCUT2D eigenvalue weighted by Crippen LogP contribution is 2.22. The minimum Gasteiger partial charge on any atom is -0.369 e. The third-order valence-corrected chi connectivity index (χ3v) is 4.12. The average molecular weight is 302 g/mol. The molecule has 0 spiro atoms. The third-order valence-electron chi connectivity index (χ3n) is 3.87. The zero-order chi connectivity index (χ0) is 14.7. The summed E-state index contributed by atoms with van der Waals surface area (Å²) in [6.07, 6.45) is 0. The van der Waals surface area contributed by atoms with Gasteiger partial charge < -0.3 is 15.1 Å². The van der Waals surface area contributed by atoms with Crippen molar-refractivity contribution in [3.8, 4) is 0 Å². The molecule has 3 nitrogen and oxygen atoms in total. The molecule has 0 radical (unpaired) electrons. The SMILES string of the molecule is CN1CCN(c2ccc(Nc3ccc(Cl)cc3)cc2)CC1. The third kappa shape index (κ3) is 3.69. The van der Waals surface area contributed by atoms with Crippen molar-refractivity contribution in [2.75, 3.05) is 43.4 Å². The number of halogens is 1. The van der Waals surface area contributed by atoms with Gasteiger partial charge in [0.2, 0.25) is 0 Å². The van der Waals surface area contributed by atoms with Crippen LogP contribution in [0.25, 0.3) is 0 Å². The van der Waals surface area contributed by atoms with Crippen molar-refractivity contribution in [1.82, 2.24) is 4.90 Å². The largest absolute Gasteiger partial charge is 0.369 e. The van der Waals surface area contributed by atoms with Crippen LogP contribution in [-0.2, 0) is 0 Å². The van der Waals surface area contributed by atoms with Crippen molar-refractivity contribution in [3.05, 3.63) is 53.6 Å². The number of anilines is 3. The summed E-state index contributed by atoms with van der Waals surface area (Å²) in [5.41, 5.74) is 3.44. The van der Waals surface area contributed by atoms with Gasteiger partial charge in [-0.15, -0.1) is 0 Å². The van der Waals surface area contributed by atoms with E-state index in [1.807, 2.05) is 24.3 Å². The summed E-state index contributed by atoms with van der Waals surface area (Å²) >= 11 is 5.89. The smallest absolute Gasteiger partial charge is 0.0407 e. The van der Waals surface area contributed by atoms with Crippen molar-refractivity contribution in [1.29, 1.82) is 0 Å². The summed E-state index contributed by atoms with van der Waals surface area (Å²) in [7, 11) is 2.18. The predicted octanol–water partition coefficient (Wildman–Crippen LogP) is 3.84. The molecule has 21 heavy (non-hydrogen) atoms. The highest BCUT2D eigenvalue weighted by Gasteiger charge is 2.13. The Balaban J connectivity index is 1.65. The van der Waals surface area contributed by atoms with Crippen LogP contribution in [-0.4, -0.2) is 38.1 Å². The van der Waals surface area contributed by atoms with E-state index in [-0.39, 0.29) is 0 Å². The van der Waals surface area contributed by atoms with Gasteiger partial charge in [0, 0.05) is 48.3 Å². The van der Waals surface area contributed by atoms with Crippen LogP contribution in [0.15, 0.2) is 48.5 Å². The molecule has 1 aliphatic rings. The Morgan fingerprint density at radius 1 is 0.810 bits per heavy atom. The fraction of sp³-hybridized carbons (Fsp3) is 0.294. The molecule has 110 valence electrons. The molecule has 2 aromatic rings. The second-order valence-corrected chi connectivity index (χ2v) is 5.91. The van der Waals surface area contributed by atoms with Gasteiger partial charge in [-0.2, -0.15) is 0 Å². The number of benzene rings is 2. The van der Waals surface area contributed by atoms with Crippen LogP contribution in [0.4, 0.5) is 17.1 Å². The Morgan fingerprint density at radius 3 is 1.90 bits per heavy atom. The molecule has 0 atom stereocenters. The molecule has 1 fully saturated rings. The number of hydrogen-bond acceptors (Lipinski definition) is 3. The quantitative estimate of drug-likeness (QED) is 0.929. The highest BCUT2D eigenvalue weighted by molar-refractivity contribution is 6.30. The number of nitrogens with zero attached hydrogens (tertiary/aromatic N) is 2.